The van der Waals surface area contributed by atoms with Gasteiger partial charge in [0, 0.05) is 19.0 Å². The average molecular weight is 186 g/mol. The lowest BCUT2D eigenvalue weighted by Crippen LogP contribution is -2.62. The maximum atomic E-state index is 11.0. The van der Waals surface area contributed by atoms with E-state index in [9.17, 15) is 4.79 Å². The van der Waals surface area contributed by atoms with Gasteiger partial charge in [-0.3, -0.25) is 9.69 Å². The minimum atomic E-state index is -0.519. The van der Waals surface area contributed by atoms with Crippen molar-refractivity contribution < 1.29 is 4.79 Å². The number of thiocarbonyl (C=S) groups is 1. The molecule has 1 fully saturated rings. The van der Waals surface area contributed by atoms with E-state index in [0.29, 0.717) is 5.92 Å². The van der Waals surface area contributed by atoms with E-state index < -0.39 is 5.54 Å². The highest BCUT2D eigenvalue weighted by Gasteiger charge is 2.39. The van der Waals surface area contributed by atoms with Crippen LogP contribution in [0, 0.1) is 5.92 Å². The van der Waals surface area contributed by atoms with E-state index >= 15 is 0 Å². The molecule has 3 nitrogen and oxygen atoms in total. The summed E-state index contributed by atoms with van der Waals surface area (Å²) in [7, 11) is 0. The van der Waals surface area contributed by atoms with Crippen molar-refractivity contribution in [2.24, 2.45) is 11.7 Å². The zero-order valence-electron chi connectivity index (χ0n) is 7.41. The molecule has 0 aliphatic carbocycles. The van der Waals surface area contributed by atoms with E-state index in [1.807, 2.05) is 18.7 Å². The third kappa shape index (κ3) is 1.49. The summed E-state index contributed by atoms with van der Waals surface area (Å²) >= 11 is 4.80. The second kappa shape index (κ2) is 3.11. The fourth-order valence-electron chi connectivity index (χ4n) is 1.21. The number of likely N-dealkylation sites (tertiary alicyclic amines) is 1. The fourth-order valence-corrected chi connectivity index (χ4v) is 1.38. The number of amides is 1. The summed E-state index contributed by atoms with van der Waals surface area (Å²) in [6.45, 7) is 5.41. The summed E-state index contributed by atoms with van der Waals surface area (Å²) in [4.78, 5) is 13.0. The minimum Gasteiger partial charge on any atom is -0.368 e. The van der Waals surface area contributed by atoms with Gasteiger partial charge in [-0.05, 0) is 19.2 Å². The molecule has 1 aliphatic rings. The molecule has 0 spiro atoms. The molecule has 0 saturated carbocycles. The van der Waals surface area contributed by atoms with Gasteiger partial charge in [-0.2, -0.15) is 0 Å². The van der Waals surface area contributed by atoms with Crippen LogP contribution >= 0.6 is 12.2 Å². The number of carbonyl (C=O) groups is 1. The number of nitrogens with zero attached hydrogens (tertiary/aromatic N) is 1. The summed E-state index contributed by atoms with van der Waals surface area (Å²) in [5.41, 5.74) is 4.73. The summed E-state index contributed by atoms with van der Waals surface area (Å²) in [5, 5.41) is 1.76. The Morgan fingerprint density at radius 1 is 1.67 bits per heavy atom. The van der Waals surface area contributed by atoms with Gasteiger partial charge in [0.2, 0.25) is 5.91 Å². The highest BCUT2D eigenvalue weighted by molar-refractivity contribution is 7.79. The van der Waals surface area contributed by atoms with Gasteiger partial charge in [0.25, 0.3) is 0 Å². The number of hydrogen-bond donors (Lipinski definition) is 1. The summed E-state index contributed by atoms with van der Waals surface area (Å²) < 4.78 is 0. The van der Waals surface area contributed by atoms with E-state index in [2.05, 4.69) is 0 Å². The molecule has 0 unspecified atom stereocenters. The highest BCUT2D eigenvalue weighted by Crippen LogP contribution is 2.24. The van der Waals surface area contributed by atoms with Crippen LogP contribution in [-0.4, -0.2) is 34.8 Å². The molecule has 1 aliphatic heterocycles. The first-order valence-corrected chi connectivity index (χ1v) is 4.46. The third-order valence-electron chi connectivity index (χ3n) is 2.50. The normalized spacial score (nSPS) is 20.2. The van der Waals surface area contributed by atoms with E-state index in [0.717, 1.165) is 13.1 Å². The monoisotopic (exact) mass is 186 g/mol. The van der Waals surface area contributed by atoms with Crippen LogP contribution in [-0.2, 0) is 4.79 Å². The van der Waals surface area contributed by atoms with Crippen molar-refractivity contribution >= 4 is 23.5 Å². The molecule has 0 atom stereocenters. The van der Waals surface area contributed by atoms with Crippen molar-refractivity contribution in [3.05, 3.63) is 0 Å². The number of hydrogen-bond acceptors (Lipinski definition) is 3. The Balaban J connectivity index is 2.51. The highest BCUT2D eigenvalue weighted by atomic mass is 32.1. The summed E-state index contributed by atoms with van der Waals surface area (Å²) in [5.74, 6) is 0.184. The molecular formula is C8H14N2OS. The van der Waals surface area contributed by atoms with Crippen LogP contribution in [0.15, 0.2) is 0 Å². The van der Waals surface area contributed by atoms with Gasteiger partial charge < -0.3 is 5.73 Å². The van der Waals surface area contributed by atoms with Crippen molar-refractivity contribution in [2.45, 2.75) is 19.4 Å². The Morgan fingerprint density at radius 2 is 2.17 bits per heavy atom. The lowest BCUT2D eigenvalue weighted by molar-refractivity contribution is -0.131. The molecule has 1 saturated heterocycles. The zero-order valence-corrected chi connectivity index (χ0v) is 8.23. The van der Waals surface area contributed by atoms with Crippen molar-refractivity contribution in [2.75, 3.05) is 13.1 Å². The first-order valence-electron chi connectivity index (χ1n) is 3.98. The molecule has 68 valence electrons. The molecular weight excluding hydrogens is 172 g/mol. The molecule has 0 radical (unpaired) electrons. The molecule has 4 heteroatoms. The number of nitrogens with two attached hydrogens (primary N) is 1. The molecule has 0 bridgehead atoms. The third-order valence-corrected chi connectivity index (χ3v) is 2.88. The molecule has 12 heavy (non-hydrogen) atoms. The first-order chi connectivity index (χ1) is 5.48. The largest absolute Gasteiger partial charge is 0.368 e. The van der Waals surface area contributed by atoms with E-state index in [4.69, 9.17) is 18.0 Å². The SMILES string of the molecule is CC(C)(C(N)=O)N1CC(C=S)C1. The van der Waals surface area contributed by atoms with Gasteiger partial charge in [0.05, 0.1) is 5.54 Å². The average Bonchev–Trinajstić information content (AvgIpc) is 1.84. The van der Waals surface area contributed by atoms with Crippen LogP contribution < -0.4 is 5.73 Å². The lowest BCUT2D eigenvalue weighted by Gasteiger charge is -2.46. The molecule has 0 aromatic rings. The second-order valence-corrected chi connectivity index (χ2v) is 4.00. The van der Waals surface area contributed by atoms with E-state index in [1.54, 1.807) is 5.37 Å². The minimum absolute atomic E-state index is 0.273. The fraction of sp³-hybridized carbons (Fsp3) is 0.750. The summed E-state index contributed by atoms with van der Waals surface area (Å²) in [6.07, 6.45) is 0. The van der Waals surface area contributed by atoms with Crippen molar-refractivity contribution in [1.29, 1.82) is 0 Å². The maximum absolute atomic E-state index is 11.0. The molecule has 1 amide bonds. The van der Waals surface area contributed by atoms with Crippen LogP contribution in [0.4, 0.5) is 0 Å². The standard InChI is InChI=1S/C8H14N2OS/c1-8(2,7(9)11)10-3-6(4-10)5-12/h5-6H,3-4H2,1-2H3,(H2,9,11). The van der Waals surface area contributed by atoms with Gasteiger partial charge in [-0.15, -0.1) is 0 Å². The number of carbonyl (C=O) groups excluding carboxylic acids is 1. The van der Waals surface area contributed by atoms with E-state index in [-0.39, 0.29) is 5.91 Å². The smallest absolute Gasteiger partial charge is 0.237 e. The maximum Gasteiger partial charge on any atom is 0.237 e. The predicted octanol–water partition coefficient (Wildman–Crippen LogP) is 0.182. The van der Waals surface area contributed by atoms with Crippen LogP contribution in [0.25, 0.3) is 0 Å². The van der Waals surface area contributed by atoms with Gasteiger partial charge in [-0.25, -0.2) is 0 Å². The quantitative estimate of drug-likeness (QED) is 0.640. The molecule has 1 heterocycles. The first kappa shape index (κ1) is 9.61. The van der Waals surface area contributed by atoms with Crippen LogP contribution in [0.3, 0.4) is 0 Å². The zero-order chi connectivity index (χ0) is 9.35. The van der Waals surface area contributed by atoms with Crippen molar-refractivity contribution in [3.8, 4) is 0 Å². The molecule has 1 rings (SSSR count). The molecule has 0 aromatic carbocycles. The summed E-state index contributed by atoms with van der Waals surface area (Å²) in [6, 6.07) is 0. The Labute approximate surface area is 77.9 Å². The van der Waals surface area contributed by atoms with Crippen LogP contribution in [0.1, 0.15) is 13.8 Å². The number of rotatable bonds is 3. The second-order valence-electron chi connectivity index (χ2n) is 3.72. The Hall–Kier alpha value is -0.480. The van der Waals surface area contributed by atoms with E-state index in [1.165, 1.54) is 0 Å². The van der Waals surface area contributed by atoms with Gasteiger partial charge in [0.1, 0.15) is 0 Å². The van der Waals surface area contributed by atoms with Gasteiger partial charge in [0.15, 0.2) is 0 Å². The van der Waals surface area contributed by atoms with Crippen molar-refractivity contribution in [1.82, 2.24) is 4.90 Å². The Bertz CT molecular complexity index is 209. The van der Waals surface area contributed by atoms with Crippen LogP contribution in [0.5, 0.6) is 0 Å². The lowest BCUT2D eigenvalue weighted by atomic mass is 9.92. The Morgan fingerprint density at radius 3 is 2.50 bits per heavy atom. The molecule has 2 N–H and O–H groups in total. The number of primary amides is 1. The van der Waals surface area contributed by atoms with Crippen molar-refractivity contribution in [3.63, 3.8) is 0 Å². The predicted molar refractivity (Wildman–Crippen MR) is 52.0 cm³/mol. The van der Waals surface area contributed by atoms with Gasteiger partial charge in [-0.1, -0.05) is 12.2 Å². The van der Waals surface area contributed by atoms with Gasteiger partial charge >= 0.3 is 0 Å². The molecule has 0 aromatic heterocycles. The topological polar surface area (TPSA) is 46.3 Å². The van der Waals surface area contributed by atoms with Crippen LogP contribution in [0.2, 0.25) is 0 Å². The Kier molecular flexibility index (Phi) is 2.49.